The molecule has 0 aromatic heterocycles. The minimum Gasteiger partial charge on any atom is -0.0654 e. The molecule has 1 atom stereocenters. The first-order valence-electron chi connectivity index (χ1n) is 12.2. The lowest BCUT2D eigenvalue weighted by atomic mass is 10.3. The standard InChI is InChI=1S/C22H24Si/c1-3-19(2)23(20-13-7-4-8-14-20,21-15-9-5-10-16-21)22-17-11-6-12-18-22/h4-19H,3H2,1-2H3/i4D,5D,6D,7D,8D,9D,10D,11D,12D. The second kappa shape index (κ2) is 6.97. The summed E-state index contributed by atoms with van der Waals surface area (Å²) >= 11 is 0. The second-order valence-corrected chi connectivity index (χ2v) is 9.92. The molecule has 0 nitrogen and oxygen atoms in total. The lowest BCUT2D eigenvalue weighted by Gasteiger charge is -2.38. The van der Waals surface area contributed by atoms with E-state index in [4.69, 9.17) is 12.3 Å². The molecular formula is C22H24Si. The van der Waals surface area contributed by atoms with Gasteiger partial charge >= 0.3 is 0 Å². The average Bonchev–Trinajstić information content (AvgIpc) is 2.74. The van der Waals surface area contributed by atoms with Crippen LogP contribution in [-0.4, -0.2) is 8.07 Å². The number of rotatable bonds is 5. The van der Waals surface area contributed by atoms with Crippen LogP contribution in [-0.2, 0) is 0 Å². The fourth-order valence-electron chi connectivity index (χ4n) is 3.28. The van der Waals surface area contributed by atoms with E-state index >= 15 is 0 Å². The molecule has 116 valence electrons. The molecule has 1 heteroatoms. The summed E-state index contributed by atoms with van der Waals surface area (Å²) in [6.45, 7) is 3.98. The van der Waals surface area contributed by atoms with Crippen molar-refractivity contribution in [2.75, 3.05) is 0 Å². The minimum absolute atomic E-state index is 0.0938. The molecule has 0 heterocycles. The van der Waals surface area contributed by atoms with Gasteiger partial charge in [0.25, 0.3) is 0 Å². The molecule has 0 aliphatic carbocycles. The van der Waals surface area contributed by atoms with E-state index in [9.17, 15) is 0 Å². The van der Waals surface area contributed by atoms with E-state index in [1.54, 1.807) is 36.4 Å². The molecule has 0 saturated heterocycles. The van der Waals surface area contributed by atoms with Crippen molar-refractivity contribution >= 4 is 23.6 Å². The summed E-state index contributed by atoms with van der Waals surface area (Å²) in [5, 5.41) is 1.85. The van der Waals surface area contributed by atoms with Gasteiger partial charge in [0.15, 0.2) is 8.07 Å². The third-order valence-corrected chi connectivity index (χ3v) is 10.0. The van der Waals surface area contributed by atoms with Gasteiger partial charge in [-0.05, 0) is 21.1 Å². The summed E-state index contributed by atoms with van der Waals surface area (Å²) in [6, 6.07) is 7.98. The van der Waals surface area contributed by atoms with Crippen LogP contribution in [0.3, 0.4) is 0 Å². The van der Waals surface area contributed by atoms with Crippen LogP contribution in [0.1, 0.15) is 32.6 Å². The quantitative estimate of drug-likeness (QED) is 0.492. The zero-order chi connectivity index (χ0) is 24.0. The van der Waals surface area contributed by atoms with Crippen LogP contribution in [0.25, 0.3) is 0 Å². The van der Waals surface area contributed by atoms with Crippen LogP contribution in [0.2, 0.25) is 5.54 Å². The number of hydrogen-bond donors (Lipinski definition) is 0. The molecule has 1 unspecified atom stereocenters. The van der Waals surface area contributed by atoms with Crippen LogP contribution in [0, 0.1) is 0 Å². The van der Waals surface area contributed by atoms with Crippen LogP contribution in [0.5, 0.6) is 0 Å². The maximum absolute atomic E-state index is 8.25. The second-order valence-electron chi connectivity index (χ2n) is 5.59. The van der Waals surface area contributed by atoms with E-state index in [1.807, 2.05) is 13.8 Å². The molecule has 0 aliphatic rings. The van der Waals surface area contributed by atoms with Crippen molar-refractivity contribution in [2.45, 2.75) is 25.8 Å². The summed E-state index contributed by atoms with van der Waals surface area (Å²) in [5.74, 6) is 0. The largest absolute Gasteiger partial charge is 0.150 e. The Morgan fingerprint density at radius 2 is 1.00 bits per heavy atom. The van der Waals surface area contributed by atoms with E-state index in [0.29, 0.717) is 22.0 Å². The molecule has 0 fully saturated rings. The monoisotopic (exact) mass is 325 g/mol. The van der Waals surface area contributed by atoms with Crippen molar-refractivity contribution < 1.29 is 12.3 Å². The molecule has 0 saturated carbocycles. The van der Waals surface area contributed by atoms with Crippen molar-refractivity contribution in [3.05, 3.63) is 90.8 Å². The van der Waals surface area contributed by atoms with Gasteiger partial charge in [0.1, 0.15) is 0 Å². The highest BCUT2D eigenvalue weighted by Crippen LogP contribution is 2.25. The van der Waals surface area contributed by atoms with Crippen LogP contribution in [0.15, 0.2) is 90.8 Å². The van der Waals surface area contributed by atoms with Gasteiger partial charge in [-0.2, -0.15) is 0 Å². The first-order chi connectivity index (χ1) is 14.9. The van der Waals surface area contributed by atoms with Crippen LogP contribution >= 0.6 is 0 Å². The smallest absolute Gasteiger partial charge is 0.0654 e. The zero-order valence-corrected chi connectivity index (χ0v) is 14.2. The first kappa shape index (κ1) is 8.12. The molecule has 0 amide bonds. The lowest BCUT2D eigenvalue weighted by molar-refractivity contribution is 0.857. The van der Waals surface area contributed by atoms with Gasteiger partial charge in [-0.25, -0.2) is 0 Å². The molecule has 0 N–H and O–H groups in total. The average molecular weight is 326 g/mol. The summed E-state index contributed by atoms with van der Waals surface area (Å²) in [7, 11) is -3.25. The zero-order valence-electron chi connectivity index (χ0n) is 22.2. The Labute approximate surface area is 153 Å². The highest BCUT2D eigenvalue weighted by Gasteiger charge is 2.43. The molecule has 0 radical (unpaired) electrons. The van der Waals surface area contributed by atoms with Crippen molar-refractivity contribution in [3.63, 3.8) is 0 Å². The highest BCUT2D eigenvalue weighted by molar-refractivity contribution is 7.12. The Morgan fingerprint density at radius 1 is 0.696 bits per heavy atom. The predicted molar refractivity (Wildman–Crippen MR) is 104 cm³/mol. The lowest BCUT2D eigenvalue weighted by Crippen LogP contribution is -2.69. The van der Waals surface area contributed by atoms with Gasteiger partial charge in [-0.15, -0.1) is 0 Å². The number of hydrogen-bond acceptors (Lipinski definition) is 0. The van der Waals surface area contributed by atoms with Crippen molar-refractivity contribution in [1.82, 2.24) is 0 Å². The third kappa shape index (κ3) is 2.77. The van der Waals surface area contributed by atoms with E-state index in [1.165, 1.54) is 0 Å². The number of benzene rings is 3. The van der Waals surface area contributed by atoms with Gasteiger partial charge in [-0.3, -0.25) is 0 Å². The Bertz CT molecular complexity index is 984. The maximum Gasteiger partial charge on any atom is 0.150 e. The van der Waals surface area contributed by atoms with Crippen LogP contribution in [0.4, 0.5) is 0 Å². The summed E-state index contributed by atoms with van der Waals surface area (Å²) < 4.78 is 73.4. The van der Waals surface area contributed by atoms with Crippen LogP contribution < -0.4 is 15.6 Å². The van der Waals surface area contributed by atoms with Crippen molar-refractivity contribution in [1.29, 1.82) is 0 Å². The third-order valence-electron chi connectivity index (χ3n) is 4.52. The molecule has 3 aromatic rings. The molecular weight excluding hydrogens is 292 g/mol. The Kier molecular flexibility index (Phi) is 2.46. The van der Waals surface area contributed by atoms with E-state index in [-0.39, 0.29) is 59.9 Å². The summed E-state index contributed by atoms with van der Waals surface area (Å²) in [5.41, 5.74) is -0.0938. The Morgan fingerprint density at radius 3 is 1.26 bits per heavy atom. The molecule has 3 aromatic carbocycles. The SMILES string of the molecule is [2H]c1cc([Si](c2cc([2H])c([2H])c([2H])c2)(c2cc([2H])c([2H])c([2H])c2)C(C)CC)cc([2H])c1[2H]. The predicted octanol–water partition coefficient (Wildman–Crippen LogP) is 3.96. The fraction of sp³-hybridized carbons (Fsp3) is 0.182. The fourth-order valence-corrected chi connectivity index (χ4v) is 8.39. The first-order valence-corrected chi connectivity index (χ1v) is 9.77. The summed E-state index contributed by atoms with van der Waals surface area (Å²) in [6.07, 6.45) is 0.669. The minimum atomic E-state index is -3.25. The molecule has 0 aliphatic heterocycles. The van der Waals surface area contributed by atoms with Gasteiger partial charge in [0.05, 0.1) is 12.3 Å². The molecule has 0 spiro atoms. The van der Waals surface area contributed by atoms with Crippen molar-refractivity contribution in [2.24, 2.45) is 0 Å². The molecule has 3 rings (SSSR count). The Balaban J connectivity index is 2.57. The van der Waals surface area contributed by atoms with E-state index in [0.717, 1.165) is 0 Å². The van der Waals surface area contributed by atoms with Gasteiger partial charge in [-0.1, -0.05) is 111 Å². The maximum atomic E-state index is 8.25. The highest BCUT2D eigenvalue weighted by atomic mass is 28.3. The topological polar surface area (TPSA) is 0 Å². The Hall–Kier alpha value is -2.12. The van der Waals surface area contributed by atoms with E-state index in [2.05, 4.69) is 0 Å². The van der Waals surface area contributed by atoms with E-state index < -0.39 is 8.07 Å². The summed E-state index contributed by atoms with van der Waals surface area (Å²) in [4.78, 5) is 0. The normalized spacial score (nSPS) is 18.3. The van der Waals surface area contributed by atoms with Crippen molar-refractivity contribution in [3.8, 4) is 0 Å². The van der Waals surface area contributed by atoms with Gasteiger partial charge in [0.2, 0.25) is 0 Å². The molecule has 23 heavy (non-hydrogen) atoms. The van der Waals surface area contributed by atoms with Gasteiger partial charge < -0.3 is 0 Å². The van der Waals surface area contributed by atoms with Gasteiger partial charge in [0, 0.05) is 0 Å². The molecule has 0 bridgehead atoms.